The van der Waals surface area contributed by atoms with Gasteiger partial charge in [0.2, 0.25) is 11.9 Å². The maximum absolute atomic E-state index is 5.87. The van der Waals surface area contributed by atoms with E-state index in [-0.39, 0.29) is 18.0 Å². The van der Waals surface area contributed by atoms with Crippen LogP contribution in [0.1, 0.15) is 42.1 Å². The number of nitrogens with one attached hydrogen (secondary N) is 1. The number of ether oxygens (including phenoxy) is 1. The highest BCUT2D eigenvalue weighted by Crippen LogP contribution is 2.38. The van der Waals surface area contributed by atoms with E-state index in [2.05, 4.69) is 58.7 Å². The van der Waals surface area contributed by atoms with Crippen LogP contribution in [-0.2, 0) is 6.42 Å². The lowest BCUT2D eigenvalue weighted by atomic mass is 9.93. The second-order valence-electron chi connectivity index (χ2n) is 6.55. The highest BCUT2D eigenvalue weighted by Gasteiger charge is 2.30. The molecule has 0 fully saturated rings. The van der Waals surface area contributed by atoms with E-state index in [0.717, 1.165) is 18.6 Å². The van der Waals surface area contributed by atoms with Crippen molar-refractivity contribution in [3.63, 3.8) is 0 Å². The summed E-state index contributed by atoms with van der Waals surface area (Å²) < 4.78 is 7.16. The van der Waals surface area contributed by atoms with Crippen molar-refractivity contribution in [1.82, 2.24) is 14.8 Å². The van der Waals surface area contributed by atoms with Crippen LogP contribution in [0.4, 0.5) is 11.9 Å². The molecule has 6 heteroatoms. The summed E-state index contributed by atoms with van der Waals surface area (Å²) in [6.07, 6.45) is 1.90. The number of aryl methyl sites for hydroxylation is 1. The summed E-state index contributed by atoms with van der Waals surface area (Å²) >= 11 is 0. The van der Waals surface area contributed by atoms with E-state index >= 15 is 0 Å². The lowest BCUT2D eigenvalue weighted by Crippen LogP contribution is -2.28. The van der Waals surface area contributed by atoms with E-state index in [0.29, 0.717) is 5.95 Å². The van der Waals surface area contributed by atoms with Crippen LogP contribution >= 0.6 is 0 Å². The number of benzene rings is 2. The molecular formula is C20H23N5O. The largest absolute Gasteiger partial charge is 0.497 e. The number of hydrogen-bond acceptors (Lipinski definition) is 5. The number of aromatic nitrogens is 3. The summed E-state index contributed by atoms with van der Waals surface area (Å²) in [5.41, 5.74) is 9.60. The molecule has 0 aliphatic carbocycles. The SMILES string of the molecule is CCc1ccc([C@H]2C[C@H](c3ccc(OC)cc3)Nc3nc(N)nn32)cc1. The summed E-state index contributed by atoms with van der Waals surface area (Å²) in [7, 11) is 1.68. The molecule has 3 aromatic rings. The molecule has 1 aliphatic heterocycles. The molecule has 134 valence electrons. The van der Waals surface area contributed by atoms with Crippen molar-refractivity contribution in [3.05, 3.63) is 65.2 Å². The van der Waals surface area contributed by atoms with Crippen molar-refractivity contribution in [1.29, 1.82) is 0 Å². The fraction of sp³-hybridized carbons (Fsp3) is 0.300. The van der Waals surface area contributed by atoms with E-state index in [4.69, 9.17) is 10.5 Å². The third-order valence-electron chi connectivity index (χ3n) is 5.00. The Balaban J connectivity index is 1.69. The molecule has 0 unspecified atom stereocenters. The van der Waals surface area contributed by atoms with E-state index in [1.54, 1.807) is 7.11 Å². The Morgan fingerprint density at radius 3 is 2.46 bits per heavy atom. The number of rotatable bonds is 4. The van der Waals surface area contributed by atoms with Crippen molar-refractivity contribution in [2.45, 2.75) is 31.8 Å². The molecule has 2 atom stereocenters. The lowest BCUT2D eigenvalue weighted by Gasteiger charge is -2.31. The Morgan fingerprint density at radius 2 is 1.81 bits per heavy atom. The zero-order valence-electron chi connectivity index (χ0n) is 15.0. The number of anilines is 2. The highest BCUT2D eigenvalue weighted by molar-refractivity contribution is 5.42. The van der Waals surface area contributed by atoms with E-state index in [1.165, 1.54) is 16.7 Å². The number of fused-ring (bicyclic) bond motifs is 1. The second kappa shape index (κ2) is 6.71. The molecule has 0 bridgehead atoms. The number of nitrogens with zero attached hydrogens (tertiary/aromatic N) is 3. The third-order valence-corrected chi connectivity index (χ3v) is 5.00. The maximum Gasteiger partial charge on any atom is 0.241 e. The number of hydrogen-bond donors (Lipinski definition) is 2. The number of methoxy groups -OCH3 is 1. The molecule has 1 aromatic heterocycles. The predicted octanol–water partition coefficient (Wildman–Crippen LogP) is 3.58. The first-order chi connectivity index (χ1) is 12.7. The van der Waals surface area contributed by atoms with Gasteiger partial charge >= 0.3 is 0 Å². The minimum atomic E-state index is 0.0917. The van der Waals surface area contributed by atoms with Crippen LogP contribution in [0, 0.1) is 0 Å². The summed E-state index contributed by atoms with van der Waals surface area (Å²) in [6, 6.07) is 17.1. The van der Waals surface area contributed by atoms with Gasteiger partial charge in [0.1, 0.15) is 5.75 Å². The molecule has 3 N–H and O–H groups in total. The molecule has 1 aliphatic rings. The molecular weight excluding hydrogens is 326 g/mol. The van der Waals surface area contributed by atoms with Crippen molar-refractivity contribution in [2.24, 2.45) is 0 Å². The monoisotopic (exact) mass is 349 g/mol. The predicted molar refractivity (Wildman–Crippen MR) is 102 cm³/mol. The summed E-state index contributed by atoms with van der Waals surface area (Å²) in [5.74, 6) is 1.85. The van der Waals surface area contributed by atoms with Gasteiger partial charge in [0.25, 0.3) is 0 Å². The van der Waals surface area contributed by atoms with Gasteiger partial charge in [0.05, 0.1) is 19.2 Å². The zero-order valence-corrected chi connectivity index (χ0v) is 15.0. The molecule has 0 saturated carbocycles. The van der Waals surface area contributed by atoms with Crippen LogP contribution < -0.4 is 15.8 Å². The van der Waals surface area contributed by atoms with Gasteiger partial charge in [-0.25, -0.2) is 4.68 Å². The summed E-state index contributed by atoms with van der Waals surface area (Å²) in [6.45, 7) is 2.16. The van der Waals surface area contributed by atoms with Gasteiger partial charge in [-0.15, -0.1) is 5.10 Å². The van der Waals surface area contributed by atoms with Gasteiger partial charge in [-0.05, 0) is 41.7 Å². The molecule has 6 nitrogen and oxygen atoms in total. The Bertz CT molecular complexity index is 886. The van der Waals surface area contributed by atoms with Crippen LogP contribution in [-0.4, -0.2) is 21.9 Å². The Kier molecular flexibility index (Phi) is 4.24. The molecule has 0 radical (unpaired) electrons. The van der Waals surface area contributed by atoms with Crippen LogP contribution in [0.25, 0.3) is 0 Å². The first kappa shape index (κ1) is 16.4. The Hall–Kier alpha value is -3.02. The molecule has 0 saturated heterocycles. The third kappa shape index (κ3) is 2.98. The number of nitrogen functional groups attached to an aromatic ring is 1. The van der Waals surface area contributed by atoms with Crippen molar-refractivity contribution in [3.8, 4) is 5.75 Å². The van der Waals surface area contributed by atoms with Crippen molar-refractivity contribution < 1.29 is 4.74 Å². The average Bonchev–Trinajstić information content (AvgIpc) is 3.07. The Morgan fingerprint density at radius 1 is 1.12 bits per heavy atom. The average molecular weight is 349 g/mol. The van der Waals surface area contributed by atoms with Crippen LogP contribution in [0.15, 0.2) is 48.5 Å². The smallest absolute Gasteiger partial charge is 0.241 e. The highest BCUT2D eigenvalue weighted by atomic mass is 16.5. The topological polar surface area (TPSA) is 78.0 Å². The zero-order chi connectivity index (χ0) is 18.1. The van der Waals surface area contributed by atoms with Crippen LogP contribution in [0.5, 0.6) is 5.75 Å². The fourth-order valence-electron chi connectivity index (χ4n) is 3.50. The minimum absolute atomic E-state index is 0.0917. The number of nitrogens with two attached hydrogens (primary N) is 1. The molecule has 2 aromatic carbocycles. The second-order valence-corrected chi connectivity index (χ2v) is 6.55. The molecule has 4 rings (SSSR count). The molecule has 0 spiro atoms. The standard InChI is InChI=1S/C20H23N5O/c1-3-13-4-6-15(7-5-13)18-12-17(14-8-10-16(26-2)11-9-14)22-20-23-19(21)24-25(18)20/h4-11,17-18H,3,12H2,1-2H3,(H3,21,22,23,24)/t17-,18-/m1/s1. The summed E-state index contributed by atoms with van der Waals surface area (Å²) in [4.78, 5) is 4.36. The summed E-state index contributed by atoms with van der Waals surface area (Å²) in [5, 5.41) is 7.87. The van der Waals surface area contributed by atoms with Crippen LogP contribution in [0.3, 0.4) is 0 Å². The lowest BCUT2D eigenvalue weighted by molar-refractivity contribution is 0.413. The van der Waals surface area contributed by atoms with E-state index in [1.807, 2.05) is 16.8 Å². The van der Waals surface area contributed by atoms with Crippen LogP contribution in [0.2, 0.25) is 0 Å². The molecule has 26 heavy (non-hydrogen) atoms. The molecule has 2 heterocycles. The van der Waals surface area contributed by atoms with Gasteiger partial charge in [-0.2, -0.15) is 4.98 Å². The minimum Gasteiger partial charge on any atom is -0.497 e. The van der Waals surface area contributed by atoms with Gasteiger partial charge in [0.15, 0.2) is 0 Å². The van der Waals surface area contributed by atoms with Gasteiger partial charge in [-0.1, -0.05) is 43.3 Å². The van der Waals surface area contributed by atoms with E-state index < -0.39 is 0 Å². The normalized spacial score (nSPS) is 18.8. The van der Waals surface area contributed by atoms with Gasteiger partial charge < -0.3 is 15.8 Å². The maximum atomic E-state index is 5.87. The van der Waals surface area contributed by atoms with Gasteiger partial charge in [-0.3, -0.25) is 0 Å². The van der Waals surface area contributed by atoms with Gasteiger partial charge in [0, 0.05) is 0 Å². The fourth-order valence-corrected chi connectivity index (χ4v) is 3.50. The first-order valence-corrected chi connectivity index (χ1v) is 8.89. The van der Waals surface area contributed by atoms with E-state index in [9.17, 15) is 0 Å². The van der Waals surface area contributed by atoms with Crippen molar-refractivity contribution >= 4 is 11.9 Å². The Labute approximate surface area is 153 Å². The quantitative estimate of drug-likeness (QED) is 0.753. The van der Waals surface area contributed by atoms with Crippen molar-refractivity contribution in [2.75, 3.05) is 18.2 Å². The first-order valence-electron chi connectivity index (χ1n) is 8.89. The molecule has 0 amide bonds.